The van der Waals surface area contributed by atoms with Gasteiger partial charge in [-0.15, -0.1) is 0 Å². The Labute approximate surface area is 83.7 Å². The van der Waals surface area contributed by atoms with Gasteiger partial charge in [0.2, 0.25) is 0 Å². The van der Waals surface area contributed by atoms with Crippen LogP contribution in [0.25, 0.3) is 0 Å². The Morgan fingerprint density at radius 2 is 2.29 bits per heavy atom. The topological polar surface area (TPSA) is 39.2 Å². The molecule has 0 aliphatic heterocycles. The van der Waals surface area contributed by atoms with Crippen LogP contribution in [0.15, 0.2) is 6.20 Å². The molecule has 1 rings (SSSR count). The highest BCUT2D eigenvalue weighted by molar-refractivity contribution is 6.30. The number of hydrogen-bond donors (Lipinski definition) is 0. The molecular formula is C8H6ClF2NO2. The summed E-state index contributed by atoms with van der Waals surface area (Å²) in [6.07, 6.45) is -1.36. The minimum Gasteiger partial charge on any atom is -0.495 e. The monoisotopic (exact) mass is 221 g/mol. The largest absolute Gasteiger partial charge is 0.495 e. The lowest BCUT2D eigenvalue weighted by molar-refractivity contribution is 0.111. The highest BCUT2D eigenvalue weighted by Crippen LogP contribution is 2.35. The van der Waals surface area contributed by atoms with Crippen LogP contribution in [0.4, 0.5) is 8.78 Å². The second-order valence-electron chi connectivity index (χ2n) is 2.37. The van der Waals surface area contributed by atoms with Crippen molar-refractivity contribution in [2.75, 3.05) is 7.11 Å². The summed E-state index contributed by atoms with van der Waals surface area (Å²) in [6.45, 7) is 0. The van der Waals surface area contributed by atoms with Gasteiger partial charge in [-0.3, -0.25) is 4.79 Å². The lowest BCUT2D eigenvalue weighted by Crippen LogP contribution is -2.00. The van der Waals surface area contributed by atoms with Crippen molar-refractivity contribution < 1.29 is 18.3 Å². The number of hydrogen-bond acceptors (Lipinski definition) is 3. The van der Waals surface area contributed by atoms with Gasteiger partial charge in [-0.25, -0.2) is 13.8 Å². The van der Waals surface area contributed by atoms with Crippen LogP contribution in [0, 0.1) is 0 Å². The lowest BCUT2D eigenvalue weighted by Gasteiger charge is -2.10. The SMILES string of the molecule is COc1c(C=O)cnc(Cl)c1C(F)F. The predicted octanol–water partition coefficient (Wildman–Crippen LogP) is 2.49. The van der Waals surface area contributed by atoms with Gasteiger partial charge in [-0.05, 0) is 0 Å². The van der Waals surface area contributed by atoms with Gasteiger partial charge < -0.3 is 4.74 Å². The summed E-state index contributed by atoms with van der Waals surface area (Å²) in [7, 11) is 1.19. The average Bonchev–Trinajstić information content (AvgIpc) is 2.16. The number of aromatic nitrogens is 1. The Bertz CT molecular complexity index is 357. The van der Waals surface area contributed by atoms with E-state index in [9.17, 15) is 13.6 Å². The van der Waals surface area contributed by atoms with E-state index in [2.05, 4.69) is 9.72 Å². The fourth-order valence-electron chi connectivity index (χ4n) is 1.00. The molecule has 0 N–H and O–H groups in total. The fraction of sp³-hybridized carbons (Fsp3) is 0.250. The Kier molecular flexibility index (Phi) is 3.35. The Hall–Kier alpha value is -1.23. The van der Waals surface area contributed by atoms with Crippen molar-refractivity contribution in [2.45, 2.75) is 6.43 Å². The van der Waals surface area contributed by atoms with E-state index in [1.54, 1.807) is 0 Å². The number of ether oxygens (including phenoxy) is 1. The van der Waals surface area contributed by atoms with E-state index in [0.717, 1.165) is 6.20 Å². The molecule has 0 aliphatic carbocycles. The number of rotatable bonds is 3. The lowest BCUT2D eigenvalue weighted by atomic mass is 10.2. The van der Waals surface area contributed by atoms with Crippen LogP contribution in [-0.2, 0) is 0 Å². The van der Waals surface area contributed by atoms with Gasteiger partial charge in [-0.2, -0.15) is 0 Å². The Morgan fingerprint density at radius 3 is 2.71 bits per heavy atom. The van der Waals surface area contributed by atoms with E-state index in [1.807, 2.05) is 0 Å². The van der Waals surface area contributed by atoms with E-state index >= 15 is 0 Å². The van der Waals surface area contributed by atoms with Crippen molar-refractivity contribution in [1.29, 1.82) is 0 Å². The van der Waals surface area contributed by atoms with Crippen LogP contribution >= 0.6 is 11.6 Å². The number of carbonyl (C=O) groups is 1. The normalized spacial score (nSPS) is 10.4. The van der Waals surface area contributed by atoms with Crippen molar-refractivity contribution in [3.63, 3.8) is 0 Å². The standard InChI is InChI=1S/C8H6ClF2NO2/c1-14-6-4(3-13)2-12-7(9)5(6)8(10)11/h2-3,8H,1H3. The van der Waals surface area contributed by atoms with Crippen LogP contribution in [-0.4, -0.2) is 18.4 Å². The molecule has 0 radical (unpaired) electrons. The number of halogens is 3. The van der Waals surface area contributed by atoms with Crippen molar-refractivity contribution in [2.24, 2.45) is 0 Å². The molecule has 0 spiro atoms. The number of aldehydes is 1. The molecule has 1 aromatic rings. The van der Waals surface area contributed by atoms with E-state index in [-0.39, 0.29) is 16.5 Å². The molecule has 0 bridgehead atoms. The number of carbonyl (C=O) groups excluding carboxylic acids is 1. The van der Waals surface area contributed by atoms with Gasteiger partial charge in [0.25, 0.3) is 6.43 Å². The third kappa shape index (κ3) is 1.82. The molecule has 0 unspecified atom stereocenters. The number of methoxy groups -OCH3 is 1. The highest BCUT2D eigenvalue weighted by Gasteiger charge is 2.21. The second-order valence-corrected chi connectivity index (χ2v) is 2.73. The van der Waals surface area contributed by atoms with Crippen LogP contribution in [0.3, 0.4) is 0 Å². The Balaban J connectivity index is 3.42. The molecule has 76 valence electrons. The third-order valence-corrected chi connectivity index (χ3v) is 1.90. The maximum absolute atomic E-state index is 12.5. The summed E-state index contributed by atoms with van der Waals surface area (Å²) >= 11 is 5.45. The van der Waals surface area contributed by atoms with Gasteiger partial charge in [0.1, 0.15) is 10.9 Å². The third-order valence-electron chi connectivity index (χ3n) is 1.60. The number of pyridine rings is 1. The summed E-state index contributed by atoms with van der Waals surface area (Å²) in [4.78, 5) is 13.9. The van der Waals surface area contributed by atoms with Crippen molar-refractivity contribution >= 4 is 17.9 Å². The molecule has 0 aliphatic rings. The molecule has 0 atom stereocenters. The van der Waals surface area contributed by atoms with Gasteiger partial charge in [-0.1, -0.05) is 11.6 Å². The first-order chi connectivity index (χ1) is 6.61. The summed E-state index contributed by atoms with van der Waals surface area (Å²) in [5, 5.41) is -0.359. The minimum absolute atomic E-state index is 0.0489. The molecule has 0 saturated carbocycles. The van der Waals surface area contributed by atoms with Crippen LogP contribution < -0.4 is 4.74 Å². The first kappa shape index (κ1) is 10.8. The average molecular weight is 222 g/mol. The molecule has 0 saturated heterocycles. The predicted molar refractivity (Wildman–Crippen MR) is 46.1 cm³/mol. The zero-order valence-corrected chi connectivity index (χ0v) is 7.89. The zero-order valence-electron chi connectivity index (χ0n) is 7.13. The summed E-state index contributed by atoms with van der Waals surface area (Å²) in [5.74, 6) is -0.227. The summed E-state index contributed by atoms with van der Waals surface area (Å²) in [5.41, 5.74) is -0.606. The fourth-order valence-corrected chi connectivity index (χ4v) is 1.22. The van der Waals surface area contributed by atoms with Crippen LogP contribution in [0.1, 0.15) is 22.3 Å². The smallest absolute Gasteiger partial charge is 0.270 e. The quantitative estimate of drug-likeness (QED) is 0.582. The zero-order chi connectivity index (χ0) is 10.7. The van der Waals surface area contributed by atoms with E-state index in [4.69, 9.17) is 11.6 Å². The minimum atomic E-state index is -2.83. The molecule has 0 amide bonds. The maximum atomic E-state index is 12.5. The van der Waals surface area contributed by atoms with E-state index in [0.29, 0.717) is 6.29 Å². The maximum Gasteiger partial charge on any atom is 0.270 e. The molecule has 0 fully saturated rings. The first-order valence-corrected chi connectivity index (χ1v) is 3.95. The van der Waals surface area contributed by atoms with Crippen molar-refractivity contribution in [1.82, 2.24) is 4.98 Å². The molecule has 0 aromatic carbocycles. The molecule has 14 heavy (non-hydrogen) atoms. The second kappa shape index (κ2) is 4.32. The number of nitrogens with zero attached hydrogens (tertiary/aromatic N) is 1. The molecule has 6 heteroatoms. The highest BCUT2D eigenvalue weighted by atomic mass is 35.5. The van der Waals surface area contributed by atoms with Crippen molar-refractivity contribution in [3.8, 4) is 5.75 Å². The molecule has 1 aromatic heterocycles. The van der Waals surface area contributed by atoms with Gasteiger partial charge in [0.05, 0.1) is 18.2 Å². The summed E-state index contributed by atoms with van der Waals surface area (Å²) < 4.78 is 29.6. The molecule has 3 nitrogen and oxygen atoms in total. The summed E-state index contributed by atoms with van der Waals surface area (Å²) in [6, 6.07) is 0. The van der Waals surface area contributed by atoms with E-state index < -0.39 is 12.0 Å². The van der Waals surface area contributed by atoms with Gasteiger partial charge in [0, 0.05) is 6.20 Å². The van der Waals surface area contributed by atoms with Crippen LogP contribution in [0.5, 0.6) is 5.75 Å². The van der Waals surface area contributed by atoms with Crippen LogP contribution in [0.2, 0.25) is 5.15 Å². The van der Waals surface area contributed by atoms with Crippen molar-refractivity contribution in [3.05, 3.63) is 22.5 Å². The molecular weight excluding hydrogens is 216 g/mol. The van der Waals surface area contributed by atoms with Gasteiger partial charge in [0.15, 0.2) is 6.29 Å². The Morgan fingerprint density at radius 1 is 1.64 bits per heavy atom. The first-order valence-electron chi connectivity index (χ1n) is 3.57. The van der Waals surface area contributed by atoms with E-state index in [1.165, 1.54) is 7.11 Å². The van der Waals surface area contributed by atoms with Gasteiger partial charge >= 0.3 is 0 Å². The number of alkyl halides is 2. The molecule has 1 heterocycles.